The molecule has 25 heavy (non-hydrogen) atoms. The molecule has 0 N–H and O–H groups in total. The third kappa shape index (κ3) is 3.90. The van der Waals surface area contributed by atoms with E-state index in [1.807, 2.05) is 32.0 Å². The van der Waals surface area contributed by atoms with E-state index in [2.05, 4.69) is 4.99 Å². The summed E-state index contributed by atoms with van der Waals surface area (Å²) in [7, 11) is 0. The minimum atomic E-state index is -0.0955. The first-order valence-electron chi connectivity index (χ1n) is 8.63. The van der Waals surface area contributed by atoms with Gasteiger partial charge in [-0.2, -0.15) is 0 Å². The summed E-state index contributed by atoms with van der Waals surface area (Å²) in [5.41, 5.74) is 1.24. The van der Waals surface area contributed by atoms with Crippen LogP contribution >= 0.6 is 0 Å². The van der Waals surface area contributed by atoms with Crippen LogP contribution in [0, 0.1) is 5.92 Å². The average Bonchev–Trinajstić information content (AvgIpc) is 3.15. The molecular formula is C19H23N3O3. The van der Waals surface area contributed by atoms with Gasteiger partial charge < -0.3 is 9.32 Å². The first-order valence-corrected chi connectivity index (χ1v) is 8.63. The fraction of sp³-hybridized carbons (Fsp3) is 0.421. The van der Waals surface area contributed by atoms with E-state index >= 15 is 0 Å². The Morgan fingerprint density at radius 1 is 1.20 bits per heavy atom. The standard InChI is InChI=1S/C19H23N3O3/c1-14(2)20-17-5-3-4-9-22(17)19(24)15-6-10-21(11-7-15)18(23)16-8-12-25-13-16/h3-5,8-9,12-15H,6-7,10-11H2,1-2H3. The fourth-order valence-electron chi connectivity index (χ4n) is 3.09. The van der Waals surface area contributed by atoms with Crippen LogP contribution in [0.3, 0.4) is 0 Å². The van der Waals surface area contributed by atoms with Gasteiger partial charge in [0.15, 0.2) is 0 Å². The second kappa shape index (κ2) is 7.51. The number of likely N-dealkylation sites (tertiary alicyclic amines) is 1. The summed E-state index contributed by atoms with van der Waals surface area (Å²) in [5, 5.41) is 0. The second-order valence-electron chi connectivity index (χ2n) is 6.57. The SMILES string of the molecule is CC(C)N=c1ccccn1C(=O)C1CCN(C(=O)c2ccoc2)CC1. The maximum atomic E-state index is 12.9. The lowest BCUT2D eigenvalue weighted by Gasteiger charge is -2.31. The van der Waals surface area contributed by atoms with Crippen LogP contribution in [0.5, 0.6) is 0 Å². The van der Waals surface area contributed by atoms with E-state index in [1.165, 1.54) is 12.5 Å². The van der Waals surface area contributed by atoms with Crippen LogP contribution < -0.4 is 5.49 Å². The van der Waals surface area contributed by atoms with Crippen LogP contribution in [-0.4, -0.2) is 40.4 Å². The van der Waals surface area contributed by atoms with Crippen molar-refractivity contribution < 1.29 is 14.0 Å². The third-order valence-corrected chi connectivity index (χ3v) is 4.37. The molecule has 1 aliphatic rings. The third-order valence-electron chi connectivity index (χ3n) is 4.37. The number of hydrogen-bond acceptors (Lipinski definition) is 4. The zero-order chi connectivity index (χ0) is 17.8. The minimum Gasteiger partial charge on any atom is -0.472 e. The Labute approximate surface area is 146 Å². The van der Waals surface area contributed by atoms with Gasteiger partial charge in [-0.3, -0.25) is 19.1 Å². The number of aromatic nitrogens is 1. The lowest BCUT2D eigenvalue weighted by atomic mass is 9.95. The molecule has 0 atom stereocenters. The Morgan fingerprint density at radius 3 is 2.60 bits per heavy atom. The van der Waals surface area contributed by atoms with Gasteiger partial charge in [-0.15, -0.1) is 0 Å². The number of amides is 1. The quantitative estimate of drug-likeness (QED) is 0.862. The van der Waals surface area contributed by atoms with Crippen molar-refractivity contribution in [2.45, 2.75) is 32.7 Å². The highest BCUT2D eigenvalue weighted by Gasteiger charge is 2.29. The van der Waals surface area contributed by atoms with Crippen molar-refractivity contribution >= 4 is 11.8 Å². The Balaban J connectivity index is 1.69. The molecule has 6 heteroatoms. The van der Waals surface area contributed by atoms with Crippen LogP contribution in [0.4, 0.5) is 0 Å². The molecule has 0 aliphatic carbocycles. The van der Waals surface area contributed by atoms with Crippen LogP contribution in [0.25, 0.3) is 0 Å². The van der Waals surface area contributed by atoms with Gasteiger partial charge in [0.05, 0.1) is 11.8 Å². The van der Waals surface area contributed by atoms with Crippen molar-refractivity contribution in [1.82, 2.24) is 9.47 Å². The Hall–Kier alpha value is -2.63. The number of hydrogen-bond donors (Lipinski definition) is 0. The molecule has 0 bridgehead atoms. The normalized spacial score (nSPS) is 16.4. The predicted octanol–water partition coefficient (Wildman–Crippen LogP) is 2.58. The zero-order valence-electron chi connectivity index (χ0n) is 14.6. The highest BCUT2D eigenvalue weighted by Crippen LogP contribution is 2.20. The number of pyridine rings is 1. The molecule has 0 unspecified atom stereocenters. The Kier molecular flexibility index (Phi) is 5.16. The van der Waals surface area contributed by atoms with Gasteiger partial charge >= 0.3 is 0 Å². The largest absolute Gasteiger partial charge is 0.472 e. The molecule has 3 heterocycles. The lowest BCUT2D eigenvalue weighted by Crippen LogP contribution is -2.42. The maximum Gasteiger partial charge on any atom is 0.257 e. The van der Waals surface area contributed by atoms with Gasteiger partial charge in [0.2, 0.25) is 5.91 Å². The van der Waals surface area contributed by atoms with Gasteiger partial charge in [-0.1, -0.05) is 6.07 Å². The van der Waals surface area contributed by atoms with Crippen molar-refractivity contribution in [3.63, 3.8) is 0 Å². The van der Waals surface area contributed by atoms with E-state index < -0.39 is 0 Å². The summed E-state index contributed by atoms with van der Waals surface area (Å²) < 4.78 is 6.61. The van der Waals surface area contributed by atoms with Crippen molar-refractivity contribution in [3.8, 4) is 0 Å². The summed E-state index contributed by atoms with van der Waals surface area (Å²) in [5.74, 6) is -0.0835. The Morgan fingerprint density at radius 2 is 1.96 bits per heavy atom. The van der Waals surface area contributed by atoms with Gasteiger partial charge in [0, 0.05) is 31.2 Å². The zero-order valence-corrected chi connectivity index (χ0v) is 14.6. The van der Waals surface area contributed by atoms with Gasteiger partial charge in [-0.05, 0) is 44.9 Å². The molecule has 0 saturated carbocycles. The monoisotopic (exact) mass is 341 g/mol. The van der Waals surface area contributed by atoms with Crippen LogP contribution in [0.1, 0.15) is 41.8 Å². The van der Waals surface area contributed by atoms with E-state index in [-0.39, 0.29) is 23.8 Å². The summed E-state index contributed by atoms with van der Waals surface area (Å²) in [6, 6.07) is 7.37. The molecule has 1 amide bonds. The number of nitrogens with zero attached hydrogens (tertiary/aromatic N) is 3. The molecule has 132 valence electrons. The smallest absolute Gasteiger partial charge is 0.257 e. The summed E-state index contributed by atoms with van der Waals surface area (Å²) in [6.07, 6.45) is 6.04. The topological polar surface area (TPSA) is 67.8 Å². The van der Waals surface area contributed by atoms with Gasteiger partial charge in [-0.25, -0.2) is 0 Å². The number of carbonyl (C=O) groups is 2. The average molecular weight is 341 g/mol. The number of piperidine rings is 1. The molecule has 1 aliphatic heterocycles. The van der Waals surface area contributed by atoms with E-state index in [4.69, 9.17) is 4.42 Å². The Bertz CT molecular complexity index is 797. The van der Waals surface area contributed by atoms with Crippen LogP contribution in [0.15, 0.2) is 52.4 Å². The van der Waals surface area contributed by atoms with E-state index in [1.54, 1.807) is 21.7 Å². The second-order valence-corrected chi connectivity index (χ2v) is 6.57. The number of rotatable bonds is 3. The molecule has 0 spiro atoms. The van der Waals surface area contributed by atoms with Crippen LogP contribution in [0.2, 0.25) is 0 Å². The molecule has 2 aromatic heterocycles. The van der Waals surface area contributed by atoms with Gasteiger partial charge in [0.1, 0.15) is 11.8 Å². The van der Waals surface area contributed by atoms with Crippen molar-refractivity contribution in [3.05, 3.63) is 54.0 Å². The fourth-order valence-corrected chi connectivity index (χ4v) is 3.09. The first-order chi connectivity index (χ1) is 12.1. The van der Waals surface area contributed by atoms with Crippen LogP contribution in [-0.2, 0) is 0 Å². The minimum absolute atomic E-state index is 0.0393. The van der Waals surface area contributed by atoms with E-state index in [0.717, 1.165) is 0 Å². The summed E-state index contributed by atoms with van der Waals surface area (Å²) in [4.78, 5) is 31.5. The summed E-state index contributed by atoms with van der Waals surface area (Å²) in [6.45, 7) is 5.12. The molecular weight excluding hydrogens is 318 g/mol. The van der Waals surface area contributed by atoms with Crippen molar-refractivity contribution in [2.24, 2.45) is 10.9 Å². The molecule has 3 rings (SSSR count). The molecule has 0 aromatic carbocycles. The molecule has 2 aromatic rings. The molecule has 1 fully saturated rings. The highest BCUT2D eigenvalue weighted by molar-refractivity contribution is 5.94. The lowest BCUT2D eigenvalue weighted by molar-refractivity contribution is 0.0618. The number of carbonyl (C=O) groups excluding carboxylic acids is 2. The van der Waals surface area contributed by atoms with E-state index in [9.17, 15) is 9.59 Å². The van der Waals surface area contributed by atoms with Crippen molar-refractivity contribution in [1.29, 1.82) is 0 Å². The first kappa shape index (κ1) is 17.2. The predicted molar refractivity (Wildman–Crippen MR) is 93.1 cm³/mol. The molecule has 0 radical (unpaired) electrons. The molecule has 1 saturated heterocycles. The molecule has 6 nitrogen and oxygen atoms in total. The van der Waals surface area contributed by atoms with Crippen molar-refractivity contribution in [2.75, 3.05) is 13.1 Å². The maximum absolute atomic E-state index is 12.9. The number of furan rings is 1. The summed E-state index contributed by atoms with van der Waals surface area (Å²) >= 11 is 0. The van der Waals surface area contributed by atoms with E-state index in [0.29, 0.717) is 37.0 Å². The highest BCUT2D eigenvalue weighted by atomic mass is 16.3. The van der Waals surface area contributed by atoms with Gasteiger partial charge in [0.25, 0.3) is 5.91 Å².